The van der Waals surface area contributed by atoms with Gasteiger partial charge in [0.1, 0.15) is 5.82 Å². The minimum atomic E-state index is -0.279. The zero-order chi connectivity index (χ0) is 17.0. The van der Waals surface area contributed by atoms with Crippen molar-refractivity contribution in [2.24, 2.45) is 5.92 Å². The van der Waals surface area contributed by atoms with Crippen LogP contribution in [-0.4, -0.2) is 41.6 Å². The van der Waals surface area contributed by atoms with Gasteiger partial charge in [-0.15, -0.1) is 0 Å². The van der Waals surface area contributed by atoms with Crippen LogP contribution in [0.25, 0.3) is 0 Å². The summed E-state index contributed by atoms with van der Waals surface area (Å²) < 4.78 is 13.6. The first-order valence-electron chi connectivity index (χ1n) is 8.01. The third-order valence-corrected chi connectivity index (χ3v) is 4.38. The molecular formula is C17H24FN3OS. The molecule has 0 saturated carbocycles. The number of nitrogens with zero attached hydrogens (tertiary/aromatic N) is 1. The quantitative estimate of drug-likeness (QED) is 0.827. The first kappa shape index (κ1) is 17.7. The molecule has 1 heterocycles. The topological polar surface area (TPSA) is 44.4 Å². The molecule has 0 spiro atoms. The van der Waals surface area contributed by atoms with Crippen molar-refractivity contribution in [3.63, 3.8) is 0 Å². The molecule has 1 amide bonds. The fraction of sp³-hybridized carbons (Fsp3) is 0.529. The van der Waals surface area contributed by atoms with Gasteiger partial charge in [0.2, 0.25) is 5.91 Å². The predicted molar refractivity (Wildman–Crippen MR) is 93.8 cm³/mol. The van der Waals surface area contributed by atoms with E-state index in [2.05, 4.69) is 10.6 Å². The molecule has 6 heteroatoms. The van der Waals surface area contributed by atoms with Crippen molar-refractivity contribution in [1.82, 2.24) is 15.5 Å². The van der Waals surface area contributed by atoms with Crippen LogP contribution in [0.5, 0.6) is 0 Å². The Hall–Kier alpha value is -1.69. The second-order valence-corrected chi connectivity index (χ2v) is 6.56. The van der Waals surface area contributed by atoms with Gasteiger partial charge >= 0.3 is 0 Å². The van der Waals surface area contributed by atoms with Crippen LogP contribution in [-0.2, 0) is 4.79 Å². The molecule has 2 atom stereocenters. The van der Waals surface area contributed by atoms with Gasteiger partial charge in [-0.2, -0.15) is 0 Å². The summed E-state index contributed by atoms with van der Waals surface area (Å²) in [5.41, 5.74) is 0.843. The minimum Gasteiger partial charge on any atom is -0.363 e. The molecule has 0 aromatic heterocycles. The van der Waals surface area contributed by atoms with Crippen LogP contribution < -0.4 is 10.6 Å². The molecule has 126 valence electrons. The number of hydrogen-bond donors (Lipinski definition) is 2. The lowest BCUT2D eigenvalue weighted by Crippen LogP contribution is -2.41. The maximum absolute atomic E-state index is 13.6. The lowest BCUT2D eigenvalue weighted by molar-refractivity contribution is -0.125. The number of hydrogen-bond acceptors (Lipinski definition) is 2. The normalized spacial score (nSPS) is 20.7. The SMILES string of the molecule is CCNC(=S)N1CC(C(=O)NC(C)C)C(c2cccc(F)c2)C1. The van der Waals surface area contributed by atoms with E-state index in [0.717, 1.165) is 12.1 Å². The van der Waals surface area contributed by atoms with Crippen molar-refractivity contribution in [3.8, 4) is 0 Å². The zero-order valence-electron chi connectivity index (χ0n) is 13.8. The van der Waals surface area contributed by atoms with Crippen molar-refractivity contribution in [2.75, 3.05) is 19.6 Å². The molecule has 23 heavy (non-hydrogen) atoms. The Kier molecular flexibility index (Phi) is 5.93. The Morgan fingerprint density at radius 1 is 1.43 bits per heavy atom. The first-order valence-corrected chi connectivity index (χ1v) is 8.41. The molecular weight excluding hydrogens is 313 g/mol. The smallest absolute Gasteiger partial charge is 0.225 e. The summed E-state index contributed by atoms with van der Waals surface area (Å²) in [5.74, 6) is -0.592. The second-order valence-electron chi connectivity index (χ2n) is 6.17. The lowest BCUT2D eigenvalue weighted by atomic mass is 9.88. The maximum atomic E-state index is 13.6. The molecule has 1 fully saturated rings. The largest absolute Gasteiger partial charge is 0.363 e. The number of nitrogens with one attached hydrogen (secondary N) is 2. The Morgan fingerprint density at radius 3 is 2.78 bits per heavy atom. The van der Waals surface area contributed by atoms with Crippen molar-refractivity contribution >= 4 is 23.2 Å². The van der Waals surface area contributed by atoms with Crippen LogP contribution in [0.2, 0.25) is 0 Å². The van der Waals surface area contributed by atoms with Crippen LogP contribution in [0.3, 0.4) is 0 Å². The van der Waals surface area contributed by atoms with E-state index in [1.807, 2.05) is 31.7 Å². The van der Waals surface area contributed by atoms with Crippen molar-refractivity contribution in [1.29, 1.82) is 0 Å². The first-order chi connectivity index (χ1) is 10.9. The molecule has 0 bridgehead atoms. The molecule has 2 unspecified atom stereocenters. The van der Waals surface area contributed by atoms with Gasteiger partial charge in [-0.25, -0.2) is 4.39 Å². The summed E-state index contributed by atoms with van der Waals surface area (Å²) >= 11 is 5.38. The highest BCUT2D eigenvalue weighted by atomic mass is 32.1. The molecule has 1 aromatic carbocycles. The van der Waals surface area contributed by atoms with Gasteiger partial charge in [0.25, 0.3) is 0 Å². The molecule has 1 aliphatic heterocycles. The fourth-order valence-electron chi connectivity index (χ4n) is 2.96. The number of carbonyl (C=O) groups is 1. The Balaban J connectivity index is 2.24. The highest BCUT2D eigenvalue weighted by Crippen LogP contribution is 2.33. The Bertz CT molecular complexity index is 579. The summed E-state index contributed by atoms with van der Waals surface area (Å²) in [6, 6.07) is 6.57. The van der Waals surface area contributed by atoms with Crippen molar-refractivity contribution < 1.29 is 9.18 Å². The predicted octanol–water partition coefficient (Wildman–Crippen LogP) is 2.26. The third kappa shape index (κ3) is 4.41. The molecule has 1 aromatic rings. The van der Waals surface area contributed by atoms with Crippen molar-refractivity contribution in [3.05, 3.63) is 35.6 Å². The zero-order valence-corrected chi connectivity index (χ0v) is 14.6. The average molecular weight is 337 g/mol. The number of thiocarbonyl (C=S) groups is 1. The summed E-state index contributed by atoms with van der Waals surface area (Å²) in [6.07, 6.45) is 0. The fourth-order valence-corrected chi connectivity index (χ4v) is 3.26. The summed E-state index contributed by atoms with van der Waals surface area (Å²) in [7, 11) is 0. The van der Waals surface area contributed by atoms with E-state index in [-0.39, 0.29) is 29.6 Å². The Labute approximate surface area is 142 Å². The average Bonchev–Trinajstić information content (AvgIpc) is 2.92. The number of likely N-dealkylation sites (tertiary alicyclic amines) is 1. The second kappa shape index (κ2) is 7.73. The highest BCUT2D eigenvalue weighted by Gasteiger charge is 2.39. The van der Waals surface area contributed by atoms with Gasteiger partial charge < -0.3 is 15.5 Å². The number of benzene rings is 1. The number of carbonyl (C=O) groups excluding carboxylic acids is 1. The van der Waals surface area contributed by atoms with Crippen LogP contribution in [0.15, 0.2) is 24.3 Å². The van der Waals surface area contributed by atoms with E-state index in [4.69, 9.17) is 12.2 Å². The van der Waals surface area contributed by atoms with E-state index < -0.39 is 0 Å². The van der Waals surface area contributed by atoms with Crippen LogP contribution >= 0.6 is 12.2 Å². The van der Waals surface area contributed by atoms with Gasteiger partial charge in [-0.05, 0) is 50.7 Å². The van der Waals surface area contributed by atoms with Gasteiger partial charge in [0.15, 0.2) is 5.11 Å². The molecule has 1 saturated heterocycles. The van der Waals surface area contributed by atoms with Gasteiger partial charge in [0.05, 0.1) is 5.92 Å². The molecule has 4 nitrogen and oxygen atoms in total. The van der Waals surface area contributed by atoms with E-state index in [1.165, 1.54) is 12.1 Å². The minimum absolute atomic E-state index is 0.00365. The summed E-state index contributed by atoms with van der Waals surface area (Å²) in [4.78, 5) is 14.6. The number of rotatable bonds is 4. The number of halogens is 1. The van der Waals surface area contributed by atoms with Crippen LogP contribution in [0.1, 0.15) is 32.3 Å². The van der Waals surface area contributed by atoms with E-state index >= 15 is 0 Å². The van der Waals surface area contributed by atoms with Gasteiger partial charge in [-0.3, -0.25) is 4.79 Å². The molecule has 2 N–H and O–H groups in total. The van der Waals surface area contributed by atoms with Gasteiger partial charge in [0, 0.05) is 31.6 Å². The standard InChI is InChI=1S/C17H24FN3OS/c1-4-19-17(23)21-9-14(12-6-5-7-13(18)8-12)15(10-21)16(22)20-11(2)3/h5-8,11,14-15H,4,9-10H2,1-3H3,(H,19,23)(H,20,22). The molecule has 2 rings (SSSR count). The molecule has 0 radical (unpaired) electrons. The van der Waals surface area contributed by atoms with Crippen molar-refractivity contribution in [2.45, 2.75) is 32.7 Å². The third-order valence-electron chi connectivity index (χ3n) is 3.98. The molecule has 0 aliphatic carbocycles. The van der Waals surface area contributed by atoms with Gasteiger partial charge in [-0.1, -0.05) is 12.1 Å². The molecule has 1 aliphatic rings. The Morgan fingerprint density at radius 2 is 2.17 bits per heavy atom. The van der Waals surface area contributed by atoms with E-state index in [1.54, 1.807) is 6.07 Å². The highest BCUT2D eigenvalue weighted by molar-refractivity contribution is 7.80. The van der Waals surface area contributed by atoms with Crippen LogP contribution in [0, 0.1) is 11.7 Å². The summed E-state index contributed by atoms with van der Waals surface area (Å²) in [5, 5.41) is 6.74. The lowest BCUT2D eigenvalue weighted by Gasteiger charge is -2.19. The monoisotopic (exact) mass is 337 g/mol. The van der Waals surface area contributed by atoms with Crippen LogP contribution in [0.4, 0.5) is 4.39 Å². The summed E-state index contributed by atoms with van der Waals surface area (Å²) in [6.45, 7) is 7.76. The van der Waals surface area contributed by atoms with E-state index in [0.29, 0.717) is 18.2 Å². The number of amides is 1. The maximum Gasteiger partial charge on any atom is 0.225 e. The van der Waals surface area contributed by atoms with E-state index in [9.17, 15) is 9.18 Å².